The van der Waals surface area contributed by atoms with Crippen LogP contribution in [0.4, 0.5) is 4.39 Å². The van der Waals surface area contributed by atoms with Crippen LogP contribution in [0.5, 0.6) is 11.5 Å². The lowest BCUT2D eigenvalue weighted by molar-refractivity contribution is -0.126. The number of amides is 2. The van der Waals surface area contributed by atoms with Crippen molar-refractivity contribution in [3.05, 3.63) is 84.1 Å². The highest BCUT2D eigenvalue weighted by molar-refractivity contribution is 5.92. The van der Waals surface area contributed by atoms with Crippen LogP contribution in [0.25, 0.3) is 0 Å². The molecule has 1 aliphatic rings. The quantitative estimate of drug-likeness (QED) is 0.640. The predicted octanol–water partition coefficient (Wildman–Crippen LogP) is 4.38. The molecule has 0 spiro atoms. The number of hydrogen-bond donors (Lipinski definition) is 1. The van der Waals surface area contributed by atoms with Gasteiger partial charge in [-0.25, -0.2) is 4.39 Å². The number of rotatable bonds is 6. The Balaban J connectivity index is 1.28. The van der Waals surface area contributed by atoms with Crippen molar-refractivity contribution in [2.45, 2.75) is 19.4 Å². The van der Waals surface area contributed by atoms with Gasteiger partial charge in [-0.05, 0) is 66.9 Å². The van der Waals surface area contributed by atoms with Crippen LogP contribution in [0.3, 0.4) is 0 Å². The molecule has 4 rings (SSSR count). The average molecular weight is 422 g/mol. The Kier molecular flexibility index (Phi) is 6.31. The lowest BCUT2D eigenvalue weighted by atomic mass is 9.96. The van der Waals surface area contributed by atoms with Gasteiger partial charge in [-0.2, -0.15) is 0 Å². The number of halogens is 1. The van der Waals surface area contributed by atoms with Gasteiger partial charge in [-0.3, -0.25) is 9.59 Å². The molecular weight excluding hydrogens is 399 g/mol. The average Bonchev–Trinajstić information content (AvgIpc) is 3.34. The van der Waals surface area contributed by atoms with Gasteiger partial charge in [-0.15, -0.1) is 0 Å². The molecule has 1 saturated heterocycles. The first-order valence-corrected chi connectivity index (χ1v) is 10.2. The summed E-state index contributed by atoms with van der Waals surface area (Å²) in [5, 5.41) is 2.96. The number of nitrogens with zero attached hydrogens (tertiary/aromatic N) is 1. The first-order valence-electron chi connectivity index (χ1n) is 10.2. The zero-order valence-electron chi connectivity index (χ0n) is 16.9. The maximum absolute atomic E-state index is 13.0. The second kappa shape index (κ2) is 9.47. The molecule has 2 aromatic carbocycles. The molecule has 1 fully saturated rings. The van der Waals surface area contributed by atoms with Gasteiger partial charge < -0.3 is 19.4 Å². The van der Waals surface area contributed by atoms with Crippen LogP contribution < -0.4 is 10.1 Å². The molecular formula is C24H23FN2O4. The van der Waals surface area contributed by atoms with Gasteiger partial charge in [0.2, 0.25) is 5.91 Å². The molecule has 2 heterocycles. The van der Waals surface area contributed by atoms with Gasteiger partial charge in [-0.1, -0.05) is 12.1 Å². The summed E-state index contributed by atoms with van der Waals surface area (Å²) in [6.45, 7) is 1.40. The Hall–Kier alpha value is -3.61. The van der Waals surface area contributed by atoms with Gasteiger partial charge >= 0.3 is 0 Å². The largest absolute Gasteiger partial charge is 0.459 e. The summed E-state index contributed by atoms with van der Waals surface area (Å²) in [6, 6.07) is 16.5. The summed E-state index contributed by atoms with van der Waals surface area (Å²) in [5.41, 5.74) is 0.930. The number of benzene rings is 2. The molecule has 6 nitrogen and oxygen atoms in total. The van der Waals surface area contributed by atoms with Crippen LogP contribution in [0.2, 0.25) is 0 Å². The third-order valence-corrected chi connectivity index (χ3v) is 5.25. The van der Waals surface area contributed by atoms with E-state index in [1.165, 1.54) is 18.4 Å². The van der Waals surface area contributed by atoms with Crippen molar-refractivity contribution in [3.63, 3.8) is 0 Å². The first kappa shape index (κ1) is 20.7. The van der Waals surface area contributed by atoms with E-state index in [9.17, 15) is 14.0 Å². The van der Waals surface area contributed by atoms with E-state index in [1.807, 2.05) is 12.1 Å². The first-order chi connectivity index (χ1) is 15.1. The molecule has 1 N–H and O–H groups in total. The molecule has 7 heteroatoms. The SMILES string of the molecule is O=C(NCc1ccc(Oc2ccc(F)cc2)cc1)[C@@H]1CCCN(C(=O)c2ccco2)C1. The van der Waals surface area contributed by atoms with E-state index in [0.717, 1.165) is 18.4 Å². The molecule has 160 valence electrons. The van der Waals surface area contributed by atoms with Crippen LogP contribution in [-0.2, 0) is 11.3 Å². The maximum Gasteiger partial charge on any atom is 0.289 e. The predicted molar refractivity (Wildman–Crippen MR) is 112 cm³/mol. The van der Waals surface area contributed by atoms with Crippen LogP contribution in [-0.4, -0.2) is 29.8 Å². The molecule has 1 aromatic heterocycles. The molecule has 0 saturated carbocycles. The van der Waals surface area contributed by atoms with Gasteiger partial charge in [0.25, 0.3) is 5.91 Å². The molecule has 3 aromatic rings. The Bertz CT molecular complexity index is 1020. The van der Waals surface area contributed by atoms with Gasteiger partial charge in [0, 0.05) is 19.6 Å². The molecule has 1 aliphatic heterocycles. The van der Waals surface area contributed by atoms with E-state index in [1.54, 1.807) is 41.3 Å². The molecule has 31 heavy (non-hydrogen) atoms. The number of nitrogens with one attached hydrogen (secondary N) is 1. The van der Waals surface area contributed by atoms with E-state index < -0.39 is 0 Å². The van der Waals surface area contributed by atoms with E-state index in [-0.39, 0.29) is 23.5 Å². The van der Waals surface area contributed by atoms with Gasteiger partial charge in [0.05, 0.1) is 12.2 Å². The standard InChI is InChI=1S/C24H23FN2O4/c25-19-7-11-21(12-8-19)31-20-9-5-17(6-10-20)15-26-23(28)18-3-1-13-27(16-18)24(29)22-4-2-14-30-22/h2,4-12,14,18H,1,3,13,15-16H2,(H,26,28)/t18-/m1/s1. The number of piperidine rings is 1. The Morgan fingerprint density at radius 2 is 1.77 bits per heavy atom. The molecule has 2 amide bonds. The third kappa shape index (κ3) is 5.31. The Morgan fingerprint density at radius 1 is 1.06 bits per heavy atom. The third-order valence-electron chi connectivity index (χ3n) is 5.25. The lowest BCUT2D eigenvalue weighted by Crippen LogP contribution is -2.45. The monoisotopic (exact) mass is 422 g/mol. The number of likely N-dealkylation sites (tertiary alicyclic amines) is 1. The van der Waals surface area contributed by atoms with Crippen molar-refractivity contribution < 1.29 is 23.1 Å². The lowest BCUT2D eigenvalue weighted by Gasteiger charge is -2.31. The summed E-state index contributed by atoms with van der Waals surface area (Å²) in [4.78, 5) is 26.8. The Labute approximate surface area is 179 Å². The van der Waals surface area contributed by atoms with Crippen LogP contribution in [0.15, 0.2) is 71.3 Å². The maximum atomic E-state index is 13.0. The second-order valence-electron chi connectivity index (χ2n) is 7.49. The zero-order valence-corrected chi connectivity index (χ0v) is 16.9. The summed E-state index contributed by atoms with van der Waals surface area (Å²) in [7, 11) is 0. The van der Waals surface area contributed by atoms with Crippen molar-refractivity contribution in [2.75, 3.05) is 13.1 Å². The number of carbonyl (C=O) groups is 2. The van der Waals surface area contributed by atoms with Crippen molar-refractivity contribution in [3.8, 4) is 11.5 Å². The van der Waals surface area contributed by atoms with E-state index in [4.69, 9.17) is 9.15 Å². The van der Waals surface area contributed by atoms with Gasteiger partial charge in [0.15, 0.2) is 5.76 Å². The van der Waals surface area contributed by atoms with Crippen LogP contribution in [0, 0.1) is 11.7 Å². The zero-order chi connectivity index (χ0) is 21.6. The fourth-order valence-electron chi connectivity index (χ4n) is 3.58. The second-order valence-corrected chi connectivity index (χ2v) is 7.49. The number of carbonyl (C=O) groups excluding carboxylic acids is 2. The highest BCUT2D eigenvalue weighted by Crippen LogP contribution is 2.22. The number of ether oxygens (including phenoxy) is 1. The highest BCUT2D eigenvalue weighted by atomic mass is 19.1. The molecule has 0 unspecified atom stereocenters. The minimum atomic E-state index is -0.315. The molecule has 1 atom stereocenters. The minimum Gasteiger partial charge on any atom is -0.459 e. The van der Waals surface area contributed by atoms with Crippen LogP contribution in [0.1, 0.15) is 29.0 Å². The van der Waals surface area contributed by atoms with E-state index in [2.05, 4.69) is 5.32 Å². The highest BCUT2D eigenvalue weighted by Gasteiger charge is 2.29. The van der Waals surface area contributed by atoms with Crippen molar-refractivity contribution in [1.82, 2.24) is 10.2 Å². The van der Waals surface area contributed by atoms with E-state index in [0.29, 0.717) is 36.9 Å². The summed E-state index contributed by atoms with van der Waals surface area (Å²) in [6.07, 6.45) is 3.00. The molecule has 0 aliphatic carbocycles. The van der Waals surface area contributed by atoms with E-state index >= 15 is 0 Å². The number of furan rings is 1. The fourth-order valence-corrected chi connectivity index (χ4v) is 3.58. The summed E-state index contributed by atoms with van der Waals surface area (Å²) in [5.74, 6) is 0.667. The minimum absolute atomic E-state index is 0.0661. The molecule has 0 bridgehead atoms. The normalized spacial score (nSPS) is 16.0. The summed E-state index contributed by atoms with van der Waals surface area (Å²) >= 11 is 0. The number of hydrogen-bond acceptors (Lipinski definition) is 4. The van der Waals surface area contributed by atoms with Crippen LogP contribution >= 0.6 is 0 Å². The smallest absolute Gasteiger partial charge is 0.289 e. The van der Waals surface area contributed by atoms with Crippen molar-refractivity contribution in [2.24, 2.45) is 5.92 Å². The topological polar surface area (TPSA) is 71.8 Å². The molecule has 0 radical (unpaired) electrons. The van der Waals surface area contributed by atoms with Crippen molar-refractivity contribution >= 4 is 11.8 Å². The van der Waals surface area contributed by atoms with Gasteiger partial charge in [0.1, 0.15) is 17.3 Å². The summed E-state index contributed by atoms with van der Waals surface area (Å²) < 4.78 is 23.8. The Morgan fingerprint density at radius 3 is 2.45 bits per heavy atom. The van der Waals surface area contributed by atoms with Crippen molar-refractivity contribution in [1.29, 1.82) is 0 Å². The fraction of sp³-hybridized carbons (Fsp3) is 0.250.